The lowest BCUT2D eigenvalue weighted by Gasteiger charge is -2.13. The molecule has 0 aliphatic rings. The fourth-order valence-corrected chi connectivity index (χ4v) is 2.24. The van der Waals surface area contributed by atoms with E-state index in [-0.39, 0.29) is 5.91 Å². The average molecular weight is 254 g/mol. The summed E-state index contributed by atoms with van der Waals surface area (Å²) in [7, 11) is -1.53. The van der Waals surface area contributed by atoms with Gasteiger partial charge in [-0.2, -0.15) is 0 Å². The lowest BCUT2D eigenvalue weighted by molar-refractivity contribution is -0.120. The summed E-state index contributed by atoms with van der Waals surface area (Å²) in [6.45, 7) is 3.97. The fourth-order valence-electron chi connectivity index (χ4n) is 1.38. The van der Waals surface area contributed by atoms with E-state index in [1.54, 1.807) is 24.3 Å². The number of benzene rings is 1. The summed E-state index contributed by atoms with van der Waals surface area (Å²) in [4.78, 5) is 12.2. The molecule has 94 valence electrons. The molecular formula is C12H18N2O2S. The van der Waals surface area contributed by atoms with Crippen LogP contribution in [0.4, 0.5) is 0 Å². The number of hydrogen-bond acceptors (Lipinski definition) is 3. The molecule has 1 aromatic carbocycles. The maximum atomic E-state index is 11.8. The van der Waals surface area contributed by atoms with Crippen LogP contribution in [0.2, 0.25) is 0 Å². The maximum Gasteiger partial charge on any atom is 0.248 e. The minimum absolute atomic E-state index is 0.334. The number of carbonyl (C=O) groups is 1. The van der Waals surface area contributed by atoms with Gasteiger partial charge in [-0.1, -0.05) is 32.0 Å². The third kappa shape index (κ3) is 4.66. The number of nitrogens with one attached hydrogen (secondary N) is 1. The van der Waals surface area contributed by atoms with E-state index in [4.69, 9.17) is 5.73 Å². The van der Waals surface area contributed by atoms with Crippen molar-refractivity contribution in [2.75, 3.05) is 0 Å². The Labute approximate surface area is 104 Å². The Morgan fingerprint density at radius 1 is 1.35 bits per heavy atom. The van der Waals surface area contributed by atoms with Gasteiger partial charge >= 0.3 is 0 Å². The highest BCUT2D eigenvalue weighted by atomic mass is 32.2. The third-order valence-electron chi connectivity index (χ3n) is 2.21. The second-order valence-corrected chi connectivity index (χ2v) is 5.50. The number of hydrogen-bond donors (Lipinski definition) is 2. The molecule has 2 atom stereocenters. The Kier molecular flexibility index (Phi) is 5.31. The Hall–Kier alpha value is -1.20. The van der Waals surface area contributed by atoms with Gasteiger partial charge in [0.1, 0.15) is 0 Å². The van der Waals surface area contributed by atoms with Crippen LogP contribution < -0.4 is 10.5 Å². The molecule has 0 fully saturated rings. The molecule has 0 saturated heterocycles. The molecule has 0 radical (unpaired) electrons. The Bertz CT molecular complexity index is 393. The normalized spacial score (nSPS) is 14.4. The summed E-state index contributed by atoms with van der Waals surface area (Å²) in [5.74, 6) is -0.0400. The van der Waals surface area contributed by atoms with Gasteiger partial charge in [0.15, 0.2) is 11.0 Å². The molecule has 1 amide bonds. The van der Waals surface area contributed by atoms with Crippen LogP contribution in [0.1, 0.15) is 20.3 Å². The van der Waals surface area contributed by atoms with Crippen molar-refractivity contribution in [1.29, 1.82) is 0 Å². The first-order valence-corrected chi connectivity index (χ1v) is 6.68. The third-order valence-corrected chi connectivity index (χ3v) is 3.30. The predicted octanol–water partition coefficient (Wildman–Crippen LogP) is 1.20. The molecule has 0 aliphatic carbocycles. The van der Waals surface area contributed by atoms with Gasteiger partial charge in [0.2, 0.25) is 5.91 Å². The predicted molar refractivity (Wildman–Crippen MR) is 68.4 cm³/mol. The van der Waals surface area contributed by atoms with E-state index in [1.165, 1.54) is 0 Å². The molecule has 17 heavy (non-hydrogen) atoms. The lowest BCUT2D eigenvalue weighted by atomic mass is 10.0. The zero-order chi connectivity index (χ0) is 12.8. The van der Waals surface area contributed by atoms with Crippen molar-refractivity contribution < 1.29 is 9.00 Å². The van der Waals surface area contributed by atoms with Crippen molar-refractivity contribution in [3.05, 3.63) is 30.3 Å². The molecule has 0 aliphatic heterocycles. The Morgan fingerprint density at radius 2 is 1.94 bits per heavy atom. The summed E-state index contributed by atoms with van der Waals surface area (Å²) < 4.78 is 14.2. The molecule has 0 aromatic heterocycles. The van der Waals surface area contributed by atoms with Crippen molar-refractivity contribution in [3.8, 4) is 0 Å². The van der Waals surface area contributed by atoms with Crippen LogP contribution in [-0.4, -0.2) is 16.2 Å². The van der Waals surface area contributed by atoms with E-state index in [9.17, 15) is 9.00 Å². The zero-order valence-corrected chi connectivity index (χ0v) is 10.9. The van der Waals surface area contributed by atoms with Crippen LogP contribution in [0.3, 0.4) is 0 Å². The van der Waals surface area contributed by atoms with Crippen LogP contribution in [0.25, 0.3) is 0 Å². The van der Waals surface area contributed by atoms with E-state index >= 15 is 0 Å². The van der Waals surface area contributed by atoms with Gasteiger partial charge in [-0.15, -0.1) is 0 Å². The number of rotatable bonds is 5. The summed E-state index contributed by atoms with van der Waals surface area (Å²) in [6, 6.07) is 8.16. The van der Waals surface area contributed by atoms with Crippen molar-refractivity contribution in [3.63, 3.8) is 0 Å². The molecule has 0 saturated carbocycles. The van der Waals surface area contributed by atoms with Crippen LogP contribution >= 0.6 is 0 Å². The number of carbonyl (C=O) groups excluding carboxylic acids is 1. The molecule has 4 nitrogen and oxygen atoms in total. The van der Waals surface area contributed by atoms with Crippen molar-refractivity contribution >= 4 is 16.9 Å². The van der Waals surface area contributed by atoms with Gasteiger partial charge in [0.05, 0.1) is 10.9 Å². The number of amides is 1. The largest absolute Gasteiger partial charge is 0.320 e. The highest BCUT2D eigenvalue weighted by Gasteiger charge is 2.17. The molecule has 5 heteroatoms. The smallest absolute Gasteiger partial charge is 0.248 e. The molecule has 0 spiro atoms. The standard InChI is InChI=1S/C12H18N2O2S/c1-9(2)8-11(13)12(15)14-17(16)10-6-4-3-5-7-10/h3-7,9,11H,8,13H2,1-2H3,(H,14,15). The highest BCUT2D eigenvalue weighted by Crippen LogP contribution is 2.05. The van der Waals surface area contributed by atoms with Crippen LogP contribution in [-0.2, 0) is 15.8 Å². The molecule has 3 N–H and O–H groups in total. The van der Waals surface area contributed by atoms with E-state index in [1.807, 2.05) is 19.9 Å². The first-order valence-electron chi connectivity index (χ1n) is 5.53. The topological polar surface area (TPSA) is 72.2 Å². The highest BCUT2D eigenvalue weighted by molar-refractivity contribution is 7.83. The van der Waals surface area contributed by atoms with Crippen molar-refractivity contribution in [2.24, 2.45) is 11.7 Å². The summed E-state index contributed by atoms with van der Waals surface area (Å²) in [6.07, 6.45) is 0.581. The second kappa shape index (κ2) is 6.51. The quantitative estimate of drug-likeness (QED) is 0.829. The SMILES string of the molecule is CC(C)CC(N)C(=O)NS(=O)c1ccccc1. The van der Waals surface area contributed by atoms with Gasteiger partial charge in [0.25, 0.3) is 0 Å². The zero-order valence-electron chi connectivity index (χ0n) is 10.1. The van der Waals surface area contributed by atoms with Gasteiger partial charge in [0, 0.05) is 0 Å². The van der Waals surface area contributed by atoms with Gasteiger partial charge < -0.3 is 5.73 Å². The fraction of sp³-hybridized carbons (Fsp3) is 0.417. The molecule has 2 unspecified atom stereocenters. The maximum absolute atomic E-state index is 11.8. The summed E-state index contributed by atoms with van der Waals surface area (Å²) >= 11 is 0. The van der Waals surface area contributed by atoms with Crippen LogP contribution in [0.5, 0.6) is 0 Å². The molecule has 0 bridgehead atoms. The summed E-state index contributed by atoms with van der Waals surface area (Å²) in [5.41, 5.74) is 5.70. The molecular weight excluding hydrogens is 236 g/mol. The minimum Gasteiger partial charge on any atom is -0.320 e. The molecule has 1 rings (SSSR count). The second-order valence-electron chi connectivity index (χ2n) is 4.28. The van der Waals surface area contributed by atoms with Gasteiger partial charge in [-0.05, 0) is 24.5 Å². The number of nitrogens with two attached hydrogens (primary N) is 1. The monoisotopic (exact) mass is 254 g/mol. The van der Waals surface area contributed by atoms with Crippen LogP contribution in [0.15, 0.2) is 35.2 Å². The lowest BCUT2D eigenvalue weighted by Crippen LogP contribution is -2.42. The van der Waals surface area contributed by atoms with E-state index in [0.717, 1.165) is 0 Å². The average Bonchev–Trinajstić information content (AvgIpc) is 2.29. The Balaban J connectivity index is 2.55. The first-order chi connectivity index (χ1) is 8.00. The summed E-state index contributed by atoms with van der Waals surface area (Å²) in [5, 5.41) is 0. The van der Waals surface area contributed by atoms with Gasteiger partial charge in [-0.3, -0.25) is 9.52 Å². The first kappa shape index (κ1) is 13.9. The van der Waals surface area contributed by atoms with Crippen LogP contribution in [0, 0.1) is 5.92 Å². The van der Waals surface area contributed by atoms with E-state index in [2.05, 4.69) is 4.72 Å². The van der Waals surface area contributed by atoms with E-state index in [0.29, 0.717) is 17.2 Å². The van der Waals surface area contributed by atoms with Gasteiger partial charge in [-0.25, -0.2) is 4.21 Å². The Morgan fingerprint density at radius 3 is 2.47 bits per heavy atom. The van der Waals surface area contributed by atoms with E-state index < -0.39 is 17.0 Å². The minimum atomic E-state index is -1.53. The van der Waals surface area contributed by atoms with Crippen molar-refractivity contribution in [2.45, 2.75) is 31.2 Å². The molecule has 1 aromatic rings. The molecule has 0 heterocycles. The van der Waals surface area contributed by atoms with Crippen molar-refractivity contribution in [1.82, 2.24) is 4.72 Å².